The van der Waals surface area contributed by atoms with Crippen LogP contribution in [0.5, 0.6) is 0 Å². The zero-order chi connectivity index (χ0) is 18.6. The zero-order valence-corrected chi connectivity index (χ0v) is 14.8. The van der Waals surface area contributed by atoms with E-state index in [4.69, 9.17) is 4.74 Å². The van der Waals surface area contributed by atoms with Crippen LogP contribution in [0, 0.1) is 6.92 Å². The number of methoxy groups -OCH3 is 1. The number of aryl methyl sites for hydroxylation is 1. The minimum absolute atomic E-state index is 0.389. The van der Waals surface area contributed by atoms with E-state index in [1.54, 1.807) is 17.8 Å². The molecule has 0 bridgehead atoms. The van der Waals surface area contributed by atoms with Crippen LogP contribution >= 0.6 is 11.3 Å². The maximum Gasteiger partial charge on any atom is 0.416 e. The highest BCUT2D eigenvalue weighted by molar-refractivity contribution is 7.09. The van der Waals surface area contributed by atoms with E-state index < -0.39 is 17.8 Å². The van der Waals surface area contributed by atoms with Crippen LogP contribution in [0.15, 0.2) is 35.5 Å². The first-order valence-corrected chi connectivity index (χ1v) is 8.19. The summed E-state index contributed by atoms with van der Waals surface area (Å²) in [5.41, 5.74) is -0.221. The van der Waals surface area contributed by atoms with Crippen molar-refractivity contribution in [2.24, 2.45) is 4.99 Å². The van der Waals surface area contributed by atoms with Crippen LogP contribution in [0.4, 0.5) is 18.0 Å². The molecule has 0 aliphatic heterocycles. The van der Waals surface area contributed by atoms with Crippen LogP contribution in [-0.4, -0.2) is 42.8 Å². The highest BCUT2D eigenvalue weighted by Gasteiger charge is 2.30. The minimum atomic E-state index is -4.39. The number of thiazole rings is 1. The van der Waals surface area contributed by atoms with Gasteiger partial charge in [-0.25, -0.2) is 4.79 Å². The summed E-state index contributed by atoms with van der Waals surface area (Å²) < 4.78 is 44.6. The normalized spacial score (nSPS) is 12.5. The topological polar surface area (TPSA) is 46.8 Å². The number of urea groups is 1. The maximum absolute atomic E-state index is 12.7. The molecule has 0 N–H and O–H groups in total. The molecule has 0 fully saturated rings. The predicted molar refractivity (Wildman–Crippen MR) is 88.9 cm³/mol. The molecule has 0 atom stereocenters. The molecule has 0 radical (unpaired) electrons. The number of rotatable bonds is 4. The van der Waals surface area contributed by atoms with E-state index in [2.05, 4.69) is 4.99 Å². The molecule has 5 nitrogen and oxygen atoms in total. The molecule has 0 unspecified atom stereocenters. The number of likely N-dealkylation sites (N-methyl/N-ethyl adjacent to an activating group) is 1. The van der Waals surface area contributed by atoms with Crippen molar-refractivity contribution in [3.63, 3.8) is 0 Å². The van der Waals surface area contributed by atoms with E-state index in [1.807, 2.05) is 6.92 Å². The summed E-state index contributed by atoms with van der Waals surface area (Å²) in [6, 6.07) is 4.27. The second-order valence-corrected chi connectivity index (χ2v) is 6.56. The van der Waals surface area contributed by atoms with Crippen molar-refractivity contribution in [2.75, 3.05) is 27.3 Å². The lowest BCUT2D eigenvalue weighted by Gasteiger charge is -2.13. The van der Waals surface area contributed by atoms with Gasteiger partial charge in [0.2, 0.25) is 0 Å². The Morgan fingerprint density at radius 3 is 2.52 bits per heavy atom. The third kappa shape index (κ3) is 4.93. The zero-order valence-electron chi connectivity index (χ0n) is 14.0. The standard InChI is InChI=1S/C16H18F3N3O2S/c1-11-10-22(13-6-4-12(5-7-13)16(17,18)19)15(25-11)20-14(23)21(2)8-9-24-3/h4-7,10H,8-9H2,1-3H3/b20-15-. The monoisotopic (exact) mass is 373 g/mol. The van der Waals surface area contributed by atoms with Crippen molar-refractivity contribution in [2.45, 2.75) is 13.1 Å². The molecule has 1 aromatic carbocycles. The summed E-state index contributed by atoms with van der Waals surface area (Å²) in [4.78, 5) is 18.9. The Morgan fingerprint density at radius 1 is 1.32 bits per heavy atom. The number of halogens is 3. The Hall–Kier alpha value is -2.13. The number of aromatic nitrogens is 1. The molecule has 9 heteroatoms. The van der Waals surface area contributed by atoms with Gasteiger partial charge < -0.3 is 9.64 Å². The first kappa shape index (κ1) is 19.2. The van der Waals surface area contributed by atoms with Gasteiger partial charge in [-0.3, -0.25) is 4.57 Å². The Labute approximate surface area is 147 Å². The van der Waals surface area contributed by atoms with Crippen LogP contribution < -0.4 is 4.80 Å². The first-order chi connectivity index (χ1) is 11.7. The molecule has 136 valence electrons. The molecule has 0 saturated carbocycles. The molecule has 1 aromatic heterocycles. The fourth-order valence-corrected chi connectivity index (χ4v) is 2.85. The molecule has 25 heavy (non-hydrogen) atoms. The first-order valence-electron chi connectivity index (χ1n) is 7.38. The smallest absolute Gasteiger partial charge is 0.383 e. The maximum atomic E-state index is 12.7. The van der Waals surface area contributed by atoms with Gasteiger partial charge >= 0.3 is 12.2 Å². The van der Waals surface area contributed by atoms with Gasteiger partial charge in [0.15, 0.2) is 4.80 Å². The average Bonchev–Trinajstić information content (AvgIpc) is 2.92. The number of hydrogen-bond acceptors (Lipinski definition) is 3. The van der Waals surface area contributed by atoms with Gasteiger partial charge in [0.1, 0.15) is 0 Å². The molecule has 2 rings (SSSR count). The summed E-state index contributed by atoms with van der Waals surface area (Å²) in [6.07, 6.45) is -2.66. The van der Waals surface area contributed by atoms with Gasteiger partial charge in [0, 0.05) is 37.5 Å². The number of carbonyl (C=O) groups is 1. The van der Waals surface area contributed by atoms with Crippen molar-refractivity contribution in [3.8, 4) is 5.69 Å². The third-order valence-corrected chi connectivity index (χ3v) is 4.29. The molecule has 1 heterocycles. The van der Waals surface area contributed by atoms with Crippen LogP contribution in [-0.2, 0) is 10.9 Å². The highest BCUT2D eigenvalue weighted by atomic mass is 32.1. The summed E-state index contributed by atoms with van der Waals surface area (Å²) in [5.74, 6) is 0. The number of ether oxygens (including phenoxy) is 1. The van der Waals surface area contributed by atoms with E-state index in [0.29, 0.717) is 23.6 Å². The Bertz CT molecular complexity index is 794. The van der Waals surface area contributed by atoms with E-state index >= 15 is 0 Å². The van der Waals surface area contributed by atoms with E-state index in [0.717, 1.165) is 17.0 Å². The van der Waals surface area contributed by atoms with E-state index in [-0.39, 0.29) is 0 Å². The molecule has 0 aliphatic rings. The second-order valence-electron chi connectivity index (χ2n) is 5.35. The van der Waals surface area contributed by atoms with Crippen LogP contribution in [0.2, 0.25) is 0 Å². The molecule has 2 amide bonds. The fourth-order valence-electron chi connectivity index (χ4n) is 2.02. The van der Waals surface area contributed by atoms with Crippen LogP contribution in [0.1, 0.15) is 10.4 Å². The van der Waals surface area contributed by atoms with E-state index in [9.17, 15) is 18.0 Å². The molecule has 2 aromatic rings. The van der Waals surface area contributed by atoms with Gasteiger partial charge in [-0.15, -0.1) is 11.3 Å². The molecule has 0 aliphatic carbocycles. The third-order valence-electron chi connectivity index (χ3n) is 3.39. The molecule has 0 spiro atoms. The summed E-state index contributed by atoms with van der Waals surface area (Å²) in [7, 11) is 3.14. The van der Waals surface area contributed by atoms with Gasteiger partial charge in [0.05, 0.1) is 12.2 Å². The van der Waals surface area contributed by atoms with Gasteiger partial charge in [-0.2, -0.15) is 18.2 Å². The van der Waals surface area contributed by atoms with Crippen molar-refractivity contribution in [1.29, 1.82) is 0 Å². The highest BCUT2D eigenvalue weighted by Crippen LogP contribution is 2.29. The average molecular weight is 373 g/mol. The minimum Gasteiger partial charge on any atom is -0.383 e. The number of nitrogens with zero attached hydrogens (tertiary/aromatic N) is 3. The lowest BCUT2D eigenvalue weighted by atomic mass is 10.2. The molecular weight excluding hydrogens is 355 g/mol. The number of carbonyl (C=O) groups excluding carboxylic acids is 1. The Balaban J connectivity index is 2.35. The lowest BCUT2D eigenvalue weighted by Crippen LogP contribution is -2.29. The molecular formula is C16H18F3N3O2S. The van der Waals surface area contributed by atoms with Crippen molar-refractivity contribution >= 4 is 17.4 Å². The number of alkyl halides is 3. The fraction of sp³-hybridized carbons (Fsp3) is 0.375. The van der Waals surface area contributed by atoms with Gasteiger partial charge in [-0.1, -0.05) is 0 Å². The SMILES string of the molecule is COCCN(C)C(=O)/N=c1\sc(C)cn1-c1ccc(C(F)(F)F)cc1. The number of hydrogen-bond donors (Lipinski definition) is 0. The number of amides is 2. The van der Waals surface area contributed by atoms with E-state index in [1.165, 1.54) is 35.5 Å². The Kier molecular flexibility index (Phi) is 6.02. The van der Waals surface area contributed by atoms with Crippen LogP contribution in [0.3, 0.4) is 0 Å². The summed E-state index contributed by atoms with van der Waals surface area (Å²) >= 11 is 1.28. The van der Waals surface area contributed by atoms with Gasteiger partial charge in [-0.05, 0) is 31.2 Å². The summed E-state index contributed by atoms with van der Waals surface area (Å²) in [5, 5.41) is 0. The number of benzene rings is 1. The lowest BCUT2D eigenvalue weighted by molar-refractivity contribution is -0.137. The van der Waals surface area contributed by atoms with Crippen molar-refractivity contribution in [3.05, 3.63) is 45.7 Å². The van der Waals surface area contributed by atoms with Crippen molar-refractivity contribution in [1.82, 2.24) is 9.47 Å². The summed E-state index contributed by atoms with van der Waals surface area (Å²) in [6.45, 7) is 2.62. The predicted octanol–water partition coefficient (Wildman–Crippen LogP) is 3.46. The largest absolute Gasteiger partial charge is 0.416 e. The molecule has 0 saturated heterocycles. The van der Waals surface area contributed by atoms with Crippen molar-refractivity contribution < 1.29 is 22.7 Å². The van der Waals surface area contributed by atoms with Gasteiger partial charge in [0.25, 0.3) is 0 Å². The Morgan fingerprint density at radius 2 is 1.96 bits per heavy atom. The van der Waals surface area contributed by atoms with Crippen LogP contribution in [0.25, 0.3) is 5.69 Å². The quantitative estimate of drug-likeness (QED) is 0.824. The second kappa shape index (κ2) is 7.83.